The molecule has 3 unspecified atom stereocenters. The van der Waals surface area contributed by atoms with E-state index in [1.54, 1.807) is 10.6 Å². The molecule has 1 aliphatic heterocycles. The number of esters is 2. The predicted molar refractivity (Wildman–Crippen MR) is 156 cm³/mol. The molecule has 1 aromatic carbocycles. The van der Waals surface area contributed by atoms with Crippen LogP contribution in [0.3, 0.4) is 0 Å². The van der Waals surface area contributed by atoms with Gasteiger partial charge in [-0.1, -0.05) is 13.8 Å². The third-order valence-electron chi connectivity index (χ3n) is 7.52. The highest BCUT2D eigenvalue weighted by Crippen LogP contribution is 2.39. The van der Waals surface area contributed by atoms with Crippen LogP contribution in [0.25, 0.3) is 5.69 Å². The molecule has 1 aliphatic carbocycles. The number of amides is 1. The molecule has 13 heteroatoms. The van der Waals surface area contributed by atoms with Crippen LogP contribution in [-0.2, 0) is 30.2 Å². The molecule has 2 aromatic rings. The van der Waals surface area contributed by atoms with Gasteiger partial charge in [-0.25, -0.2) is 4.39 Å². The van der Waals surface area contributed by atoms with E-state index in [4.69, 9.17) is 19.9 Å². The Labute approximate surface area is 263 Å². The number of nitrogens with two attached hydrogens (primary N) is 1. The van der Waals surface area contributed by atoms with Crippen molar-refractivity contribution in [1.29, 1.82) is 0 Å². The number of primary amides is 1. The molecule has 1 aromatic heterocycles. The van der Waals surface area contributed by atoms with Crippen molar-refractivity contribution in [2.24, 2.45) is 11.1 Å². The van der Waals surface area contributed by atoms with Crippen LogP contribution in [0.4, 0.5) is 10.1 Å². The molecule has 0 spiro atoms. The first kappa shape index (κ1) is 35.0. The Kier molecular flexibility index (Phi) is 10.5. The van der Waals surface area contributed by atoms with Gasteiger partial charge in [0.2, 0.25) is 6.29 Å². The molecule has 0 bridgehead atoms. The van der Waals surface area contributed by atoms with Gasteiger partial charge in [-0.05, 0) is 36.5 Å². The van der Waals surface area contributed by atoms with Gasteiger partial charge in [0.1, 0.15) is 12.4 Å². The number of anilines is 1. The number of benzene rings is 1. The zero-order valence-electron chi connectivity index (χ0n) is 26.3. The van der Waals surface area contributed by atoms with Gasteiger partial charge in [-0.3, -0.25) is 19.2 Å². The minimum Gasteiger partial charge on any atom is -1.00 e. The quantitative estimate of drug-likeness (QED) is 0.280. The van der Waals surface area contributed by atoms with Crippen LogP contribution < -0.4 is 23.5 Å². The summed E-state index contributed by atoms with van der Waals surface area (Å²) in [6.07, 6.45) is 1.41. The Morgan fingerprint density at radius 1 is 1.23 bits per heavy atom. The fraction of sp³-hybridized carbons (Fsp3) is 0.548. The number of aryl methyl sites for hydroxylation is 1. The second kappa shape index (κ2) is 13.3. The number of nitrogens with zero attached hydrogens (tertiary/aromatic N) is 2. The number of hydrogen-bond donors (Lipinski definition) is 2. The SMILES string of the molecule is CC(=O)OC(CC(=O)OC1CC(Nc2cc(-n3cc(C)c4c3CC(C)(C)CC4=O)cc(F)c2C(N)=O)CO1)C[N+](C)(C)C.[Cl-]. The number of aromatic nitrogens is 1. The van der Waals surface area contributed by atoms with Crippen molar-refractivity contribution in [3.63, 3.8) is 0 Å². The van der Waals surface area contributed by atoms with Crippen LogP contribution >= 0.6 is 0 Å². The van der Waals surface area contributed by atoms with Gasteiger partial charge in [0.15, 0.2) is 11.9 Å². The molecule has 3 N–H and O–H groups in total. The average molecular weight is 637 g/mol. The molecule has 1 saturated heterocycles. The summed E-state index contributed by atoms with van der Waals surface area (Å²) in [5.74, 6) is -2.76. The van der Waals surface area contributed by atoms with Gasteiger partial charge in [-0.2, -0.15) is 0 Å². The van der Waals surface area contributed by atoms with E-state index < -0.39 is 42.1 Å². The lowest BCUT2D eigenvalue weighted by Gasteiger charge is -2.30. The first-order valence-corrected chi connectivity index (χ1v) is 14.4. The standard InChI is InChI=1S/C31H41FN4O7.ClH/c1-17-14-35(24-12-31(3,4)13-25(38)28(17)24)20-9-22(32)29(30(33)40)23(10-20)34-19-8-27(41-16-19)43-26(39)11-21(42-18(2)37)15-36(5,6)7;/h9-10,14,19,21,27H,8,11-13,15-16H2,1-7H3,(H2-,33,34,40);1H. The number of nitrogens with one attached hydrogen (secondary N) is 1. The lowest BCUT2D eigenvalue weighted by atomic mass is 9.75. The Morgan fingerprint density at radius 2 is 1.91 bits per heavy atom. The third kappa shape index (κ3) is 8.36. The van der Waals surface area contributed by atoms with Gasteiger partial charge in [0, 0.05) is 37.2 Å². The highest BCUT2D eigenvalue weighted by Gasteiger charge is 2.36. The maximum atomic E-state index is 15.4. The van der Waals surface area contributed by atoms with Crippen molar-refractivity contribution in [3.05, 3.63) is 46.5 Å². The van der Waals surface area contributed by atoms with Crippen LogP contribution in [0.5, 0.6) is 0 Å². The van der Waals surface area contributed by atoms with E-state index in [0.717, 1.165) is 11.3 Å². The van der Waals surface area contributed by atoms with Crippen LogP contribution in [0.15, 0.2) is 18.3 Å². The van der Waals surface area contributed by atoms with Gasteiger partial charge in [0.05, 0.1) is 57.2 Å². The third-order valence-corrected chi connectivity index (χ3v) is 7.52. The zero-order chi connectivity index (χ0) is 31.9. The second-order valence-corrected chi connectivity index (χ2v) is 13.4. The summed E-state index contributed by atoms with van der Waals surface area (Å²) < 4.78 is 34.1. The number of Topliss-reactive ketones (excluding diaryl/α,β-unsaturated/α-hetero) is 1. The van der Waals surface area contributed by atoms with E-state index in [9.17, 15) is 19.2 Å². The molecule has 242 valence electrons. The van der Waals surface area contributed by atoms with Crippen molar-refractivity contribution in [1.82, 2.24) is 4.57 Å². The Balaban J connectivity index is 0.00000529. The summed E-state index contributed by atoms with van der Waals surface area (Å²) in [5, 5.41) is 3.15. The van der Waals surface area contributed by atoms with Crippen molar-refractivity contribution < 1.29 is 54.7 Å². The van der Waals surface area contributed by atoms with Crippen molar-refractivity contribution in [3.8, 4) is 5.69 Å². The predicted octanol–water partition coefficient (Wildman–Crippen LogP) is 0.281. The van der Waals surface area contributed by atoms with E-state index >= 15 is 4.39 Å². The normalized spacial score (nSPS) is 19.9. The van der Waals surface area contributed by atoms with Gasteiger partial charge < -0.3 is 46.7 Å². The van der Waals surface area contributed by atoms with Crippen LogP contribution in [0, 0.1) is 18.2 Å². The summed E-state index contributed by atoms with van der Waals surface area (Å²) in [4.78, 5) is 49.4. The summed E-state index contributed by atoms with van der Waals surface area (Å²) in [7, 11) is 5.76. The number of halogens is 2. The number of carbonyl (C=O) groups is 4. The maximum absolute atomic E-state index is 15.4. The van der Waals surface area contributed by atoms with Gasteiger partial charge in [-0.15, -0.1) is 0 Å². The molecule has 44 heavy (non-hydrogen) atoms. The molecule has 1 amide bonds. The molecule has 4 rings (SSSR count). The molecular formula is C31H42ClFN4O7. The average Bonchev–Trinajstić information content (AvgIpc) is 3.39. The number of likely N-dealkylation sites (N-methyl/N-ethyl adjacent to an activating group) is 1. The van der Waals surface area contributed by atoms with Crippen molar-refractivity contribution in [2.45, 2.75) is 71.8 Å². The zero-order valence-corrected chi connectivity index (χ0v) is 27.0. The number of carbonyl (C=O) groups excluding carboxylic acids is 4. The fourth-order valence-corrected chi connectivity index (χ4v) is 5.97. The number of rotatable bonds is 10. The second-order valence-electron chi connectivity index (χ2n) is 13.4. The lowest BCUT2D eigenvalue weighted by molar-refractivity contribution is -0.873. The Hall–Kier alpha value is -3.48. The smallest absolute Gasteiger partial charge is 0.312 e. The summed E-state index contributed by atoms with van der Waals surface area (Å²) in [6.45, 7) is 7.72. The number of hydrogen-bond acceptors (Lipinski definition) is 8. The van der Waals surface area contributed by atoms with E-state index in [2.05, 4.69) is 5.32 Å². The molecule has 0 saturated carbocycles. The minimum atomic E-state index is -0.941. The van der Waals surface area contributed by atoms with E-state index in [1.165, 1.54) is 13.0 Å². The lowest BCUT2D eigenvalue weighted by Crippen LogP contribution is -3.00. The Morgan fingerprint density at radius 3 is 2.52 bits per heavy atom. The summed E-state index contributed by atoms with van der Waals surface area (Å²) >= 11 is 0. The van der Waals surface area contributed by atoms with Crippen LogP contribution in [0.1, 0.15) is 72.0 Å². The first-order valence-electron chi connectivity index (χ1n) is 14.4. The molecule has 0 radical (unpaired) electrons. The molecule has 3 atom stereocenters. The Bertz CT molecular complexity index is 1450. The maximum Gasteiger partial charge on any atom is 0.312 e. The summed E-state index contributed by atoms with van der Waals surface area (Å²) in [5.41, 5.74) is 7.86. The fourth-order valence-electron chi connectivity index (χ4n) is 5.97. The van der Waals surface area contributed by atoms with Gasteiger partial charge >= 0.3 is 11.9 Å². The highest BCUT2D eigenvalue weighted by molar-refractivity contribution is 6.01. The molecular weight excluding hydrogens is 595 g/mol. The first-order chi connectivity index (χ1) is 19.9. The molecule has 2 aliphatic rings. The van der Waals surface area contributed by atoms with Crippen molar-refractivity contribution in [2.75, 3.05) is 39.6 Å². The molecule has 11 nitrogen and oxygen atoms in total. The van der Waals surface area contributed by atoms with Crippen molar-refractivity contribution >= 4 is 29.3 Å². The number of quaternary nitrogens is 1. The van der Waals surface area contributed by atoms with E-state index in [0.29, 0.717) is 35.1 Å². The highest BCUT2D eigenvalue weighted by atomic mass is 35.5. The number of ether oxygens (including phenoxy) is 3. The minimum absolute atomic E-state index is 0. The summed E-state index contributed by atoms with van der Waals surface area (Å²) in [6, 6.07) is 2.44. The molecule has 1 fully saturated rings. The van der Waals surface area contributed by atoms with Gasteiger partial charge in [0.25, 0.3) is 5.91 Å². The topological polar surface area (TPSA) is 139 Å². The van der Waals surface area contributed by atoms with E-state index in [1.807, 2.05) is 48.1 Å². The van der Waals surface area contributed by atoms with E-state index in [-0.39, 0.29) is 54.3 Å². The largest absolute Gasteiger partial charge is 1.00 e. The monoisotopic (exact) mass is 636 g/mol. The van der Waals surface area contributed by atoms with Crippen LogP contribution in [0.2, 0.25) is 0 Å². The number of ketones is 1. The van der Waals surface area contributed by atoms with Crippen LogP contribution in [-0.4, -0.2) is 85.4 Å². The number of fused-ring (bicyclic) bond motifs is 1. The molecule has 2 heterocycles.